The maximum atomic E-state index is 12.1. The molecule has 144 valence electrons. The van der Waals surface area contributed by atoms with E-state index in [4.69, 9.17) is 0 Å². The fourth-order valence-electron chi connectivity index (χ4n) is 4.37. The van der Waals surface area contributed by atoms with E-state index in [1.807, 2.05) is 0 Å². The van der Waals surface area contributed by atoms with Gasteiger partial charge < -0.3 is 0 Å². The molecule has 0 N–H and O–H groups in total. The highest BCUT2D eigenvalue weighted by atomic mass is 19.1. The lowest BCUT2D eigenvalue weighted by molar-refractivity contribution is 0.311. The molecule has 0 aliphatic heterocycles. The Labute approximate surface area is 164 Å². The lowest BCUT2D eigenvalue weighted by atomic mass is 9.77. The quantitative estimate of drug-likeness (QED) is 0.442. The van der Waals surface area contributed by atoms with Gasteiger partial charge in [-0.3, -0.25) is 0 Å². The van der Waals surface area contributed by atoms with Crippen molar-refractivity contribution < 1.29 is 4.39 Å². The second-order valence-corrected chi connectivity index (χ2v) is 8.08. The third-order valence-corrected chi connectivity index (χ3v) is 6.17. The Kier molecular flexibility index (Phi) is 7.68. The molecule has 0 amide bonds. The van der Waals surface area contributed by atoms with Crippen LogP contribution in [-0.4, -0.2) is 0 Å². The maximum absolute atomic E-state index is 12.1. The van der Waals surface area contributed by atoms with Crippen molar-refractivity contribution in [1.29, 1.82) is 0 Å². The van der Waals surface area contributed by atoms with Crippen LogP contribution in [0.2, 0.25) is 0 Å². The molecule has 3 rings (SSSR count). The van der Waals surface area contributed by atoms with E-state index < -0.39 is 0 Å². The number of halogens is 1. The van der Waals surface area contributed by atoms with Gasteiger partial charge in [0, 0.05) is 0 Å². The van der Waals surface area contributed by atoms with Crippen molar-refractivity contribution in [3.05, 3.63) is 72.1 Å². The van der Waals surface area contributed by atoms with Gasteiger partial charge in [0.2, 0.25) is 0 Å². The Morgan fingerprint density at radius 1 is 0.889 bits per heavy atom. The van der Waals surface area contributed by atoms with E-state index in [9.17, 15) is 4.39 Å². The first-order chi connectivity index (χ1) is 13.3. The molecule has 1 fully saturated rings. The number of allylic oxidation sites excluding steroid dienone is 1. The molecular weight excluding hydrogens is 331 g/mol. The molecule has 1 aliphatic carbocycles. The summed E-state index contributed by atoms with van der Waals surface area (Å²) in [5.41, 5.74) is 5.55. The van der Waals surface area contributed by atoms with E-state index in [-0.39, 0.29) is 0 Å². The van der Waals surface area contributed by atoms with Crippen molar-refractivity contribution in [2.45, 2.75) is 70.6 Å². The van der Waals surface area contributed by atoms with Crippen molar-refractivity contribution in [2.75, 3.05) is 0 Å². The summed E-state index contributed by atoms with van der Waals surface area (Å²) in [5.74, 6) is 1.48. The molecule has 0 spiro atoms. The van der Waals surface area contributed by atoms with Crippen LogP contribution in [-0.2, 0) is 6.42 Å². The summed E-state index contributed by atoms with van der Waals surface area (Å²) in [7, 11) is 0. The molecule has 0 heterocycles. The van der Waals surface area contributed by atoms with Gasteiger partial charge in [0.1, 0.15) is 0 Å². The largest absolute Gasteiger partial charge is 0.216 e. The Morgan fingerprint density at radius 2 is 1.52 bits per heavy atom. The molecule has 0 aromatic heterocycles. The van der Waals surface area contributed by atoms with Crippen molar-refractivity contribution in [3.8, 4) is 11.1 Å². The minimum atomic E-state index is 0.686. The summed E-state index contributed by atoms with van der Waals surface area (Å²) in [5, 5.41) is 0. The topological polar surface area (TPSA) is 0 Å². The summed E-state index contributed by atoms with van der Waals surface area (Å²) in [6, 6.07) is 18.3. The third-order valence-electron chi connectivity index (χ3n) is 6.17. The zero-order chi connectivity index (χ0) is 18.9. The predicted molar refractivity (Wildman–Crippen MR) is 115 cm³/mol. The van der Waals surface area contributed by atoms with Crippen LogP contribution in [0.4, 0.5) is 4.39 Å². The minimum Gasteiger partial charge on any atom is -0.216 e. The van der Waals surface area contributed by atoms with Gasteiger partial charge in [0.25, 0.3) is 0 Å². The lowest BCUT2D eigenvalue weighted by Gasteiger charge is -2.28. The van der Waals surface area contributed by atoms with Crippen LogP contribution in [0, 0.1) is 5.92 Å². The smallest absolute Gasteiger partial charge is 0.0827 e. The predicted octanol–water partition coefficient (Wildman–Crippen LogP) is 8.23. The van der Waals surface area contributed by atoms with Crippen LogP contribution in [0.3, 0.4) is 0 Å². The van der Waals surface area contributed by atoms with E-state index in [0.29, 0.717) is 12.2 Å². The molecule has 2 aromatic rings. The van der Waals surface area contributed by atoms with Gasteiger partial charge in [0.05, 0.1) is 6.33 Å². The molecule has 0 radical (unpaired) electrons. The number of benzene rings is 2. The summed E-state index contributed by atoms with van der Waals surface area (Å²) in [6.07, 6.45) is 13.2. The van der Waals surface area contributed by atoms with Crippen LogP contribution in [0.1, 0.15) is 75.3 Å². The second kappa shape index (κ2) is 10.4. The Morgan fingerprint density at radius 3 is 2.11 bits per heavy atom. The van der Waals surface area contributed by atoms with Gasteiger partial charge in [-0.15, -0.1) is 0 Å². The first-order valence-corrected chi connectivity index (χ1v) is 10.7. The zero-order valence-electron chi connectivity index (χ0n) is 16.7. The van der Waals surface area contributed by atoms with Crippen molar-refractivity contribution in [3.63, 3.8) is 0 Å². The van der Waals surface area contributed by atoms with Crippen LogP contribution in [0.5, 0.6) is 0 Å². The van der Waals surface area contributed by atoms with Crippen LogP contribution in [0.25, 0.3) is 11.1 Å². The van der Waals surface area contributed by atoms with E-state index in [1.54, 1.807) is 6.08 Å². The standard InChI is InChI=1S/C26H33F/c1-2-3-6-21-8-12-23(13-9-21)25-16-18-26(19-17-25)24-14-10-22(11-15-24)7-4-5-20-27/h5,8-9,12-13,16-20,22,24H,2-4,6-7,10-11,14-15H2,1H3/b20-5+. The molecule has 0 atom stereocenters. The highest BCUT2D eigenvalue weighted by Crippen LogP contribution is 2.38. The van der Waals surface area contributed by atoms with E-state index >= 15 is 0 Å². The lowest BCUT2D eigenvalue weighted by Crippen LogP contribution is -2.13. The van der Waals surface area contributed by atoms with Crippen molar-refractivity contribution >= 4 is 0 Å². The fraction of sp³-hybridized carbons (Fsp3) is 0.462. The second-order valence-electron chi connectivity index (χ2n) is 8.08. The summed E-state index contributed by atoms with van der Waals surface area (Å²) >= 11 is 0. The Bertz CT molecular complexity index is 688. The molecule has 0 bridgehead atoms. The van der Waals surface area contributed by atoms with Crippen LogP contribution in [0.15, 0.2) is 60.9 Å². The van der Waals surface area contributed by atoms with Crippen molar-refractivity contribution in [2.24, 2.45) is 5.92 Å². The van der Waals surface area contributed by atoms with Gasteiger partial charge in [-0.1, -0.05) is 68.0 Å². The monoisotopic (exact) mass is 364 g/mol. The van der Waals surface area contributed by atoms with Gasteiger partial charge in [0.15, 0.2) is 0 Å². The number of hydrogen-bond acceptors (Lipinski definition) is 0. The van der Waals surface area contributed by atoms with Crippen molar-refractivity contribution in [1.82, 2.24) is 0 Å². The SMILES string of the molecule is CCCCc1ccc(-c2ccc(C3CCC(CC/C=C/F)CC3)cc2)cc1. The molecular formula is C26H33F. The highest BCUT2D eigenvalue weighted by molar-refractivity contribution is 5.64. The minimum absolute atomic E-state index is 0.686. The average molecular weight is 365 g/mol. The first kappa shape index (κ1) is 19.9. The molecule has 0 saturated heterocycles. The molecule has 2 aromatic carbocycles. The number of unbranched alkanes of at least 4 members (excludes halogenated alkanes) is 1. The van der Waals surface area contributed by atoms with Crippen LogP contribution < -0.4 is 0 Å². The van der Waals surface area contributed by atoms with Gasteiger partial charge >= 0.3 is 0 Å². The normalized spacial score (nSPS) is 20.2. The summed E-state index contributed by atoms with van der Waals surface area (Å²) in [6.45, 7) is 2.24. The third kappa shape index (κ3) is 5.79. The maximum Gasteiger partial charge on any atom is 0.0827 e. The summed E-state index contributed by atoms with van der Waals surface area (Å²) < 4.78 is 12.1. The molecule has 1 saturated carbocycles. The summed E-state index contributed by atoms with van der Waals surface area (Å²) in [4.78, 5) is 0. The van der Waals surface area contributed by atoms with E-state index in [2.05, 4.69) is 55.5 Å². The zero-order valence-corrected chi connectivity index (χ0v) is 16.7. The molecule has 1 heteroatoms. The Balaban J connectivity index is 1.54. The van der Waals surface area contributed by atoms with Gasteiger partial charge in [-0.2, -0.15) is 0 Å². The fourth-order valence-corrected chi connectivity index (χ4v) is 4.37. The molecule has 0 nitrogen and oxygen atoms in total. The highest BCUT2D eigenvalue weighted by Gasteiger charge is 2.21. The van der Waals surface area contributed by atoms with E-state index in [0.717, 1.165) is 18.8 Å². The first-order valence-electron chi connectivity index (χ1n) is 10.7. The Hall–Kier alpha value is -1.89. The average Bonchev–Trinajstić information content (AvgIpc) is 2.73. The number of rotatable bonds is 8. The van der Waals surface area contributed by atoms with Crippen LogP contribution >= 0.6 is 0 Å². The molecule has 1 aliphatic rings. The van der Waals surface area contributed by atoms with E-state index in [1.165, 1.54) is 67.2 Å². The van der Waals surface area contributed by atoms with Gasteiger partial charge in [-0.25, -0.2) is 4.39 Å². The molecule has 0 unspecified atom stereocenters. The van der Waals surface area contributed by atoms with Gasteiger partial charge in [-0.05, 0) is 85.5 Å². The number of aryl methyl sites for hydroxylation is 1. The molecule has 27 heavy (non-hydrogen) atoms. The number of hydrogen-bond donors (Lipinski definition) is 0.